The molecule has 1 aliphatic rings. The van der Waals surface area contributed by atoms with Gasteiger partial charge in [0.2, 0.25) is 0 Å². The van der Waals surface area contributed by atoms with Gasteiger partial charge in [0.1, 0.15) is 6.10 Å². The third-order valence-electron chi connectivity index (χ3n) is 4.73. The highest BCUT2D eigenvalue weighted by atomic mass is 127. The molecule has 1 N–H and O–H groups in total. The predicted octanol–water partition coefficient (Wildman–Crippen LogP) is 3.11. The van der Waals surface area contributed by atoms with Crippen LogP contribution in [0.1, 0.15) is 36.6 Å². The van der Waals surface area contributed by atoms with Crippen molar-refractivity contribution in [2.75, 3.05) is 26.7 Å². The minimum absolute atomic E-state index is 0. The van der Waals surface area contributed by atoms with Gasteiger partial charge in [0.05, 0.1) is 32.1 Å². The molecule has 0 aliphatic carbocycles. The Morgan fingerprint density at radius 2 is 2.03 bits per heavy atom. The Morgan fingerprint density at radius 1 is 1.31 bits per heavy atom. The van der Waals surface area contributed by atoms with Gasteiger partial charge in [-0.25, -0.2) is 0 Å². The van der Waals surface area contributed by atoms with Crippen molar-refractivity contribution in [1.82, 2.24) is 20.0 Å². The first kappa shape index (κ1) is 23.6. The van der Waals surface area contributed by atoms with Crippen molar-refractivity contribution in [3.8, 4) is 0 Å². The van der Waals surface area contributed by atoms with Crippen LogP contribution in [0.3, 0.4) is 0 Å². The van der Waals surface area contributed by atoms with Gasteiger partial charge < -0.3 is 19.7 Å². The summed E-state index contributed by atoms with van der Waals surface area (Å²) in [4.78, 5) is 6.70. The first-order chi connectivity index (χ1) is 13.5. The molecule has 0 radical (unpaired) electrons. The van der Waals surface area contributed by atoms with Crippen molar-refractivity contribution in [2.24, 2.45) is 12.0 Å². The van der Waals surface area contributed by atoms with Crippen molar-refractivity contribution in [2.45, 2.75) is 39.2 Å². The molecule has 1 unspecified atom stereocenters. The van der Waals surface area contributed by atoms with Gasteiger partial charge in [-0.2, -0.15) is 5.10 Å². The minimum Gasteiger partial charge on any atom is -0.374 e. The van der Waals surface area contributed by atoms with Crippen LogP contribution in [0.5, 0.6) is 0 Å². The summed E-state index contributed by atoms with van der Waals surface area (Å²) in [6, 6.07) is 8.51. The fourth-order valence-electron chi connectivity index (χ4n) is 3.18. The molecule has 0 amide bonds. The van der Waals surface area contributed by atoms with Crippen LogP contribution in [0.2, 0.25) is 0 Å². The summed E-state index contributed by atoms with van der Waals surface area (Å²) in [5, 5.41) is 7.72. The van der Waals surface area contributed by atoms with Crippen LogP contribution in [-0.4, -0.2) is 53.5 Å². The molecule has 1 fully saturated rings. The second-order valence-electron chi connectivity index (χ2n) is 7.33. The number of morpholine rings is 1. The molecule has 1 aliphatic heterocycles. The molecule has 8 heteroatoms. The molecular formula is C21H32IN5O2. The molecule has 0 saturated carbocycles. The number of hydrogen-bond donors (Lipinski definition) is 1. The Bertz CT molecular complexity index is 776. The molecule has 0 bridgehead atoms. The molecule has 29 heavy (non-hydrogen) atoms. The molecule has 2 aromatic rings. The number of ether oxygens (including phenoxy) is 2. The van der Waals surface area contributed by atoms with E-state index in [-0.39, 0.29) is 36.2 Å². The molecule has 1 aromatic carbocycles. The molecule has 2 heterocycles. The van der Waals surface area contributed by atoms with E-state index >= 15 is 0 Å². The lowest BCUT2D eigenvalue weighted by Crippen LogP contribution is -2.47. The second kappa shape index (κ2) is 11.5. The van der Waals surface area contributed by atoms with Gasteiger partial charge in [-0.1, -0.05) is 24.3 Å². The third kappa shape index (κ3) is 6.97. The highest BCUT2D eigenvalue weighted by molar-refractivity contribution is 14.0. The van der Waals surface area contributed by atoms with Gasteiger partial charge in [0.15, 0.2) is 5.96 Å². The number of aromatic nitrogens is 2. The highest BCUT2D eigenvalue weighted by Gasteiger charge is 2.25. The van der Waals surface area contributed by atoms with Gasteiger partial charge in [-0.3, -0.25) is 9.67 Å². The van der Waals surface area contributed by atoms with Gasteiger partial charge >= 0.3 is 0 Å². The SMILES string of the molecule is CN=C(NCc1ccc(COC(C)C)cc1)N1CCOC(c2cnn(C)c2)C1.I. The van der Waals surface area contributed by atoms with E-state index in [1.807, 2.05) is 40.3 Å². The van der Waals surface area contributed by atoms with Crippen LogP contribution in [0, 0.1) is 0 Å². The largest absolute Gasteiger partial charge is 0.374 e. The number of halogens is 1. The lowest BCUT2D eigenvalue weighted by atomic mass is 10.1. The Morgan fingerprint density at radius 3 is 2.66 bits per heavy atom. The van der Waals surface area contributed by atoms with Crippen LogP contribution >= 0.6 is 24.0 Å². The number of nitrogens with zero attached hydrogens (tertiary/aromatic N) is 4. The number of aryl methyl sites for hydroxylation is 1. The van der Waals surface area contributed by atoms with Crippen LogP contribution in [0.25, 0.3) is 0 Å². The van der Waals surface area contributed by atoms with Gasteiger partial charge in [0.25, 0.3) is 0 Å². The predicted molar refractivity (Wildman–Crippen MR) is 125 cm³/mol. The normalized spacial score (nSPS) is 17.3. The Kier molecular flexibility index (Phi) is 9.38. The van der Waals surface area contributed by atoms with E-state index in [0.717, 1.165) is 31.2 Å². The number of rotatable bonds is 6. The van der Waals surface area contributed by atoms with E-state index in [2.05, 4.69) is 44.6 Å². The first-order valence-electron chi connectivity index (χ1n) is 9.80. The van der Waals surface area contributed by atoms with Crippen molar-refractivity contribution < 1.29 is 9.47 Å². The summed E-state index contributed by atoms with van der Waals surface area (Å²) in [7, 11) is 3.74. The summed E-state index contributed by atoms with van der Waals surface area (Å²) >= 11 is 0. The number of hydrogen-bond acceptors (Lipinski definition) is 4. The average Bonchev–Trinajstić information content (AvgIpc) is 3.14. The lowest BCUT2D eigenvalue weighted by Gasteiger charge is -2.34. The van der Waals surface area contributed by atoms with Crippen molar-refractivity contribution in [3.63, 3.8) is 0 Å². The van der Waals surface area contributed by atoms with E-state index in [1.165, 1.54) is 11.1 Å². The molecular weight excluding hydrogens is 481 g/mol. The number of guanidine groups is 1. The van der Waals surface area contributed by atoms with Gasteiger partial charge in [0, 0.05) is 38.9 Å². The summed E-state index contributed by atoms with van der Waals surface area (Å²) in [6.45, 7) is 7.73. The highest BCUT2D eigenvalue weighted by Crippen LogP contribution is 2.21. The van der Waals surface area contributed by atoms with Gasteiger partial charge in [-0.05, 0) is 25.0 Å². The van der Waals surface area contributed by atoms with E-state index in [4.69, 9.17) is 9.47 Å². The number of nitrogens with one attached hydrogen (secondary N) is 1. The third-order valence-corrected chi connectivity index (χ3v) is 4.73. The van der Waals surface area contributed by atoms with Crippen molar-refractivity contribution in [3.05, 3.63) is 53.3 Å². The van der Waals surface area contributed by atoms with E-state index in [1.54, 1.807) is 4.68 Å². The minimum atomic E-state index is 0. The summed E-state index contributed by atoms with van der Waals surface area (Å²) in [5.74, 6) is 0.893. The smallest absolute Gasteiger partial charge is 0.194 e. The van der Waals surface area contributed by atoms with Crippen LogP contribution in [-0.2, 0) is 29.7 Å². The van der Waals surface area contributed by atoms with E-state index < -0.39 is 0 Å². The molecule has 160 valence electrons. The molecule has 1 aromatic heterocycles. The lowest BCUT2D eigenvalue weighted by molar-refractivity contribution is -0.00805. The maximum Gasteiger partial charge on any atom is 0.194 e. The summed E-state index contributed by atoms with van der Waals surface area (Å²) in [6.07, 6.45) is 4.14. The zero-order valence-electron chi connectivity index (χ0n) is 17.7. The van der Waals surface area contributed by atoms with Crippen LogP contribution < -0.4 is 5.32 Å². The fraction of sp³-hybridized carbons (Fsp3) is 0.524. The molecule has 3 rings (SSSR count). The monoisotopic (exact) mass is 513 g/mol. The standard InChI is InChI=1S/C21H31N5O2.HI/c1-16(2)28-15-18-7-5-17(6-8-18)11-23-21(22-3)26-9-10-27-20(14-26)19-12-24-25(4)13-19;/h5-8,12-13,16,20H,9-11,14-15H2,1-4H3,(H,22,23);1H. The van der Waals surface area contributed by atoms with Crippen molar-refractivity contribution >= 4 is 29.9 Å². The Balaban J connectivity index is 0.00000300. The fourth-order valence-corrected chi connectivity index (χ4v) is 3.18. The molecule has 7 nitrogen and oxygen atoms in total. The second-order valence-corrected chi connectivity index (χ2v) is 7.33. The first-order valence-corrected chi connectivity index (χ1v) is 9.80. The maximum absolute atomic E-state index is 5.93. The van der Waals surface area contributed by atoms with Gasteiger partial charge in [-0.15, -0.1) is 24.0 Å². The number of benzene rings is 1. The maximum atomic E-state index is 5.93. The topological polar surface area (TPSA) is 63.9 Å². The molecule has 0 spiro atoms. The molecule has 1 atom stereocenters. The van der Waals surface area contributed by atoms with Crippen LogP contribution in [0.4, 0.5) is 0 Å². The quantitative estimate of drug-likeness (QED) is 0.366. The van der Waals surface area contributed by atoms with Crippen molar-refractivity contribution in [1.29, 1.82) is 0 Å². The Labute approximate surface area is 190 Å². The summed E-state index contributed by atoms with van der Waals surface area (Å²) in [5.41, 5.74) is 3.50. The Hall–Kier alpha value is -1.65. The summed E-state index contributed by atoms with van der Waals surface area (Å²) < 4.78 is 13.4. The number of aliphatic imine (C=N–C) groups is 1. The van der Waals surface area contributed by atoms with E-state index in [9.17, 15) is 0 Å². The van der Waals surface area contributed by atoms with Crippen LogP contribution in [0.15, 0.2) is 41.7 Å². The zero-order chi connectivity index (χ0) is 19.9. The van der Waals surface area contributed by atoms with E-state index in [0.29, 0.717) is 13.2 Å². The molecule has 1 saturated heterocycles. The zero-order valence-corrected chi connectivity index (χ0v) is 20.0. The average molecular weight is 513 g/mol.